The molecular weight excluding hydrogens is 330 g/mol. The molecule has 2 saturated carbocycles. The molecule has 2 fully saturated rings. The first kappa shape index (κ1) is 17.8. The molecule has 27 heavy (non-hydrogen) atoms. The lowest BCUT2D eigenvalue weighted by Crippen LogP contribution is -2.53. The SMILES string of the molecule is C[C@@H]1C=C2C[C@@H](O)CC[C@]2(C)[C@H]2CC[C@]3(C)C(N4C=CC=CC4)=CC[C@H]3[C@H]12. The van der Waals surface area contributed by atoms with E-state index < -0.39 is 0 Å². The predicted molar refractivity (Wildman–Crippen MR) is 111 cm³/mol. The Hall–Kier alpha value is -1.28. The highest BCUT2D eigenvalue weighted by Crippen LogP contribution is 2.66. The normalized spacial score (nSPS) is 48.4. The molecule has 146 valence electrons. The van der Waals surface area contributed by atoms with Crippen LogP contribution in [0.4, 0.5) is 0 Å². The molecule has 1 N–H and O–H groups in total. The molecule has 5 aliphatic rings. The summed E-state index contributed by atoms with van der Waals surface area (Å²) >= 11 is 0. The van der Waals surface area contributed by atoms with Crippen LogP contribution in [0.25, 0.3) is 0 Å². The van der Waals surface area contributed by atoms with Gasteiger partial charge >= 0.3 is 0 Å². The minimum Gasteiger partial charge on any atom is -0.393 e. The predicted octanol–water partition coefficient (Wildman–Crippen LogP) is 5.44. The molecule has 0 aromatic carbocycles. The average molecular weight is 366 g/mol. The van der Waals surface area contributed by atoms with Gasteiger partial charge in [0.2, 0.25) is 0 Å². The van der Waals surface area contributed by atoms with Crippen LogP contribution in [0.1, 0.15) is 59.3 Å². The zero-order valence-corrected chi connectivity index (χ0v) is 17.2. The number of hydrogen-bond donors (Lipinski definition) is 1. The van der Waals surface area contributed by atoms with E-state index in [0.717, 1.165) is 37.1 Å². The second kappa shape index (κ2) is 6.11. The molecule has 5 rings (SSSR count). The number of fused-ring (bicyclic) bond motifs is 5. The first-order valence-corrected chi connectivity index (χ1v) is 11.1. The van der Waals surface area contributed by atoms with Gasteiger partial charge in [0.05, 0.1) is 6.10 Å². The lowest BCUT2D eigenvalue weighted by molar-refractivity contribution is -0.0522. The molecule has 0 unspecified atom stereocenters. The second-order valence-electron chi connectivity index (χ2n) is 10.4. The number of hydrogen-bond acceptors (Lipinski definition) is 2. The molecule has 1 aliphatic heterocycles. The minimum atomic E-state index is -0.111. The van der Waals surface area contributed by atoms with E-state index in [0.29, 0.717) is 16.7 Å². The van der Waals surface area contributed by atoms with Crippen LogP contribution < -0.4 is 0 Å². The van der Waals surface area contributed by atoms with Crippen molar-refractivity contribution in [1.29, 1.82) is 0 Å². The molecular formula is C25H35NO. The highest BCUT2D eigenvalue weighted by molar-refractivity contribution is 5.32. The molecule has 0 amide bonds. The number of aliphatic hydroxyl groups excluding tert-OH is 1. The van der Waals surface area contributed by atoms with Gasteiger partial charge < -0.3 is 10.0 Å². The fourth-order valence-electron chi connectivity index (χ4n) is 7.64. The molecule has 0 spiro atoms. The number of allylic oxidation sites excluding steroid dienone is 5. The Balaban J connectivity index is 1.48. The monoisotopic (exact) mass is 365 g/mol. The lowest BCUT2D eigenvalue weighted by Gasteiger charge is -2.59. The maximum absolute atomic E-state index is 10.2. The van der Waals surface area contributed by atoms with Gasteiger partial charge in [-0.15, -0.1) is 0 Å². The van der Waals surface area contributed by atoms with Gasteiger partial charge in [-0.2, -0.15) is 0 Å². The summed E-state index contributed by atoms with van der Waals surface area (Å²) in [5, 5.41) is 10.2. The van der Waals surface area contributed by atoms with Crippen molar-refractivity contribution in [3.8, 4) is 0 Å². The van der Waals surface area contributed by atoms with Gasteiger partial charge in [0.1, 0.15) is 0 Å². The Bertz CT molecular complexity index is 745. The van der Waals surface area contributed by atoms with Crippen molar-refractivity contribution in [2.75, 3.05) is 6.54 Å². The van der Waals surface area contributed by atoms with Crippen molar-refractivity contribution in [3.63, 3.8) is 0 Å². The van der Waals surface area contributed by atoms with Crippen LogP contribution in [-0.2, 0) is 0 Å². The molecule has 0 radical (unpaired) electrons. The summed E-state index contributed by atoms with van der Waals surface area (Å²) in [5.74, 6) is 2.98. The third-order valence-electron chi connectivity index (χ3n) is 9.07. The standard InChI is InChI=1S/C25H35NO/c1-17-15-18-16-19(27)9-11-24(18,2)21-10-12-25(3)20(23(17)21)7-8-22(25)26-13-5-4-6-14-26/h4-6,8,13,15,17,19-21,23,27H,7,9-12,14,16H2,1-3H3/t17-,19+,20+,21+,23+,24+,25+/m1/s1. The Kier molecular flexibility index (Phi) is 4.03. The van der Waals surface area contributed by atoms with Gasteiger partial charge in [-0.05, 0) is 73.7 Å². The Morgan fingerprint density at radius 3 is 2.67 bits per heavy atom. The van der Waals surface area contributed by atoms with E-state index in [1.165, 1.54) is 25.7 Å². The van der Waals surface area contributed by atoms with Gasteiger partial charge in [0.15, 0.2) is 0 Å². The highest BCUT2D eigenvalue weighted by Gasteiger charge is 2.58. The van der Waals surface area contributed by atoms with E-state index in [-0.39, 0.29) is 6.10 Å². The summed E-state index contributed by atoms with van der Waals surface area (Å²) < 4.78 is 0. The van der Waals surface area contributed by atoms with Gasteiger partial charge in [-0.1, -0.05) is 50.6 Å². The summed E-state index contributed by atoms with van der Waals surface area (Å²) in [7, 11) is 0. The Labute approximate surface area is 164 Å². The van der Waals surface area contributed by atoms with Crippen LogP contribution in [0.3, 0.4) is 0 Å². The van der Waals surface area contributed by atoms with E-state index in [1.54, 1.807) is 11.3 Å². The van der Waals surface area contributed by atoms with Crippen molar-refractivity contribution < 1.29 is 5.11 Å². The average Bonchev–Trinajstić information content (AvgIpc) is 3.01. The third kappa shape index (κ3) is 2.48. The Morgan fingerprint density at radius 1 is 1.07 bits per heavy atom. The highest BCUT2D eigenvalue weighted by atomic mass is 16.3. The van der Waals surface area contributed by atoms with Crippen molar-refractivity contribution in [1.82, 2.24) is 4.90 Å². The first-order chi connectivity index (χ1) is 12.9. The largest absolute Gasteiger partial charge is 0.393 e. The molecule has 0 saturated heterocycles. The number of aliphatic hydroxyl groups is 1. The van der Waals surface area contributed by atoms with E-state index in [4.69, 9.17) is 0 Å². The van der Waals surface area contributed by atoms with E-state index in [1.807, 2.05) is 0 Å². The fourth-order valence-corrected chi connectivity index (χ4v) is 7.64. The third-order valence-corrected chi connectivity index (χ3v) is 9.07. The second-order valence-corrected chi connectivity index (χ2v) is 10.4. The van der Waals surface area contributed by atoms with Crippen LogP contribution in [0.5, 0.6) is 0 Å². The lowest BCUT2D eigenvalue weighted by atomic mass is 9.46. The molecule has 1 heterocycles. The maximum Gasteiger partial charge on any atom is 0.0577 e. The van der Waals surface area contributed by atoms with E-state index >= 15 is 0 Å². The zero-order chi connectivity index (χ0) is 18.8. The minimum absolute atomic E-state index is 0.111. The summed E-state index contributed by atoms with van der Waals surface area (Å²) in [6.45, 7) is 8.56. The van der Waals surface area contributed by atoms with Crippen molar-refractivity contribution in [2.24, 2.45) is 34.5 Å². The van der Waals surface area contributed by atoms with Gasteiger partial charge in [-0.3, -0.25) is 0 Å². The van der Waals surface area contributed by atoms with Crippen molar-refractivity contribution in [3.05, 3.63) is 47.9 Å². The van der Waals surface area contributed by atoms with Crippen LogP contribution in [0.2, 0.25) is 0 Å². The van der Waals surface area contributed by atoms with Crippen LogP contribution in [0, 0.1) is 34.5 Å². The molecule has 7 atom stereocenters. The molecule has 0 bridgehead atoms. The zero-order valence-electron chi connectivity index (χ0n) is 17.2. The molecule has 0 aromatic rings. The molecule has 4 aliphatic carbocycles. The molecule has 2 heteroatoms. The van der Waals surface area contributed by atoms with Crippen molar-refractivity contribution >= 4 is 0 Å². The van der Waals surface area contributed by atoms with Gasteiger partial charge in [0, 0.05) is 23.9 Å². The molecule has 2 nitrogen and oxygen atoms in total. The van der Waals surface area contributed by atoms with E-state index in [9.17, 15) is 5.11 Å². The van der Waals surface area contributed by atoms with Crippen LogP contribution in [0.15, 0.2) is 47.9 Å². The van der Waals surface area contributed by atoms with Crippen LogP contribution >= 0.6 is 0 Å². The first-order valence-electron chi connectivity index (χ1n) is 11.1. The van der Waals surface area contributed by atoms with Crippen molar-refractivity contribution in [2.45, 2.75) is 65.4 Å². The van der Waals surface area contributed by atoms with Gasteiger partial charge in [-0.25, -0.2) is 0 Å². The smallest absolute Gasteiger partial charge is 0.0577 e. The number of rotatable bonds is 1. The van der Waals surface area contributed by atoms with Crippen LogP contribution in [-0.4, -0.2) is 22.7 Å². The Morgan fingerprint density at radius 2 is 1.89 bits per heavy atom. The quantitative estimate of drug-likeness (QED) is 0.626. The van der Waals surface area contributed by atoms with E-state index in [2.05, 4.69) is 62.3 Å². The number of nitrogens with zero attached hydrogens (tertiary/aromatic N) is 1. The fraction of sp³-hybridized carbons (Fsp3) is 0.680. The molecule has 0 aromatic heterocycles. The maximum atomic E-state index is 10.2. The summed E-state index contributed by atoms with van der Waals surface area (Å²) in [5.41, 5.74) is 3.81. The summed E-state index contributed by atoms with van der Waals surface area (Å²) in [6, 6.07) is 0. The summed E-state index contributed by atoms with van der Waals surface area (Å²) in [6.07, 6.45) is 20.9. The van der Waals surface area contributed by atoms with Gasteiger partial charge in [0.25, 0.3) is 0 Å². The summed E-state index contributed by atoms with van der Waals surface area (Å²) in [4.78, 5) is 2.49. The topological polar surface area (TPSA) is 23.5 Å².